The first-order valence-electron chi connectivity index (χ1n) is 5.07. The average molecular weight is 289 g/mol. The van der Waals surface area contributed by atoms with Gasteiger partial charge in [-0.2, -0.15) is 0 Å². The van der Waals surface area contributed by atoms with Gasteiger partial charge in [-0.15, -0.1) is 0 Å². The number of hydrogen-bond acceptors (Lipinski definition) is 1. The predicted octanol–water partition coefficient (Wildman–Crippen LogP) is 4.35. The van der Waals surface area contributed by atoms with Crippen LogP contribution >= 0.6 is 23.2 Å². The number of benzene rings is 2. The minimum absolute atomic E-state index is 0.0579. The Hall–Kier alpha value is -1.16. The molecule has 0 heterocycles. The summed E-state index contributed by atoms with van der Waals surface area (Å²) in [5, 5.41) is 10.6. The van der Waals surface area contributed by atoms with E-state index in [0.717, 1.165) is 18.2 Å². The molecule has 0 aromatic heterocycles. The topological polar surface area (TPSA) is 20.2 Å². The second-order valence-electron chi connectivity index (χ2n) is 3.74. The van der Waals surface area contributed by atoms with Gasteiger partial charge in [-0.3, -0.25) is 0 Å². The molecule has 2 rings (SSSR count). The van der Waals surface area contributed by atoms with Gasteiger partial charge in [0.2, 0.25) is 0 Å². The van der Waals surface area contributed by atoms with Gasteiger partial charge in [0, 0.05) is 21.7 Å². The minimum Gasteiger partial charge on any atom is -0.384 e. The summed E-state index contributed by atoms with van der Waals surface area (Å²) in [6.45, 7) is 0. The van der Waals surface area contributed by atoms with E-state index in [1.165, 1.54) is 0 Å². The van der Waals surface area contributed by atoms with Crippen molar-refractivity contribution in [1.82, 2.24) is 0 Å². The fourth-order valence-electron chi connectivity index (χ4n) is 1.67. The van der Waals surface area contributed by atoms with Crippen LogP contribution in [0.4, 0.5) is 8.78 Å². The van der Waals surface area contributed by atoms with Crippen LogP contribution in [-0.2, 0) is 0 Å². The van der Waals surface area contributed by atoms with Crippen LogP contribution in [0.2, 0.25) is 10.0 Å². The fourth-order valence-corrected chi connectivity index (χ4v) is 2.28. The maximum atomic E-state index is 13.1. The zero-order chi connectivity index (χ0) is 13.3. The molecule has 0 aliphatic heterocycles. The molecule has 2 aromatic rings. The van der Waals surface area contributed by atoms with Crippen LogP contribution in [0, 0.1) is 11.6 Å². The summed E-state index contributed by atoms with van der Waals surface area (Å²) in [6, 6.07) is 7.50. The molecule has 0 aliphatic rings. The summed E-state index contributed by atoms with van der Waals surface area (Å²) in [4.78, 5) is 0. The Kier molecular flexibility index (Phi) is 3.85. The predicted molar refractivity (Wildman–Crippen MR) is 66.9 cm³/mol. The molecule has 1 atom stereocenters. The summed E-state index contributed by atoms with van der Waals surface area (Å²) in [5.74, 6) is -1.54. The summed E-state index contributed by atoms with van der Waals surface area (Å²) in [7, 11) is 0. The second-order valence-corrected chi connectivity index (χ2v) is 4.56. The quantitative estimate of drug-likeness (QED) is 0.871. The van der Waals surface area contributed by atoms with Gasteiger partial charge in [-0.25, -0.2) is 8.78 Å². The Morgan fingerprint density at radius 2 is 1.44 bits per heavy atom. The van der Waals surface area contributed by atoms with Crippen molar-refractivity contribution in [1.29, 1.82) is 0 Å². The SMILES string of the molecule is OC(c1cc(F)cc(F)c1)c1c(Cl)cccc1Cl. The lowest BCUT2D eigenvalue weighted by Gasteiger charge is -2.15. The van der Waals surface area contributed by atoms with E-state index in [1.807, 2.05) is 0 Å². The molecule has 1 nitrogen and oxygen atoms in total. The highest BCUT2D eigenvalue weighted by atomic mass is 35.5. The van der Waals surface area contributed by atoms with Crippen molar-refractivity contribution in [2.24, 2.45) is 0 Å². The molecule has 0 saturated carbocycles. The molecular weight excluding hydrogens is 281 g/mol. The monoisotopic (exact) mass is 288 g/mol. The minimum atomic E-state index is -1.28. The lowest BCUT2D eigenvalue weighted by Crippen LogP contribution is -2.03. The van der Waals surface area contributed by atoms with Crippen molar-refractivity contribution < 1.29 is 13.9 Å². The Labute approximate surface area is 113 Å². The molecule has 0 fully saturated rings. The van der Waals surface area contributed by atoms with E-state index in [0.29, 0.717) is 0 Å². The summed E-state index contributed by atoms with van der Waals surface area (Å²) >= 11 is 11.8. The first-order chi connectivity index (χ1) is 8.49. The normalized spacial score (nSPS) is 12.5. The average Bonchev–Trinajstić information content (AvgIpc) is 2.27. The highest BCUT2D eigenvalue weighted by molar-refractivity contribution is 6.36. The van der Waals surface area contributed by atoms with Crippen molar-refractivity contribution in [3.8, 4) is 0 Å². The Bertz CT molecular complexity index is 547. The largest absolute Gasteiger partial charge is 0.384 e. The molecule has 0 aliphatic carbocycles. The molecule has 0 bridgehead atoms. The molecule has 0 saturated heterocycles. The molecule has 0 amide bonds. The standard InChI is InChI=1S/C13H8Cl2F2O/c14-10-2-1-3-11(15)12(10)13(18)7-4-8(16)6-9(17)5-7/h1-6,13,18H. The molecule has 0 spiro atoms. The Morgan fingerprint density at radius 3 is 1.94 bits per heavy atom. The van der Waals surface area contributed by atoms with Gasteiger partial charge in [0.15, 0.2) is 0 Å². The third-order valence-electron chi connectivity index (χ3n) is 2.47. The number of rotatable bonds is 2. The third kappa shape index (κ3) is 2.64. The first-order valence-corrected chi connectivity index (χ1v) is 5.82. The molecular formula is C13H8Cl2F2O. The fraction of sp³-hybridized carbons (Fsp3) is 0.0769. The van der Waals surface area contributed by atoms with Crippen LogP contribution in [0.5, 0.6) is 0 Å². The summed E-state index contributed by atoms with van der Waals surface area (Å²) < 4.78 is 26.2. The maximum Gasteiger partial charge on any atom is 0.126 e. The Morgan fingerprint density at radius 1 is 0.944 bits per heavy atom. The second kappa shape index (κ2) is 5.22. The molecule has 18 heavy (non-hydrogen) atoms. The van der Waals surface area contributed by atoms with E-state index in [4.69, 9.17) is 23.2 Å². The van der Waals surface area contributed by atoms with Gasteiger partial charge < -0.3 is 5.11 Å². The lowest BCUT2D eigenvalue weighted by molar-refractivity contribution is 0.219. The van der Waals surface area contributed by atoms with Crippen molar-refractivity contribution in [2.45, 2.75) is 6.10 Å². The van der Waals surface area contributed by atoms with Crippen LogP contribution in [0.3, 0.4) is 0 Å². The van der Waals surface area contributed by atoms with E-state index >= 15 is 0 Å². The maximum absolute atomic E-state index is 13.1. The van der Waals surface area contributed by atoms with Crippen molar-refractivity contribution in [3.63, 3.8) is 0 Å². The van der Waals surface area contributed by atoms with Crippen LogP contribution < -0.4 is 0 Å². The van der Waals surface area contributed by atoms with Crippen LogP contribution in [0.15, 0.2) is 36.4 Å². The number of halogens is 4. The number of aliphatic hydroxyl groups excluding tert-OH is 1. The van der Waals surface area contributed by atoms with Crippen molar-refractivity contribution >= 4 is 23.2 Å². The highest BCUT2D eigenvalue weighted by Gasteiger charge is 2.18. The van der Waals surface area contributed by atoms with Gasteiger partial charge in [0.1, 0.15) is 17.7 Å². The van der Waals surface area contributed by atoms with Crippen LogP contribution in [0.25, 0.3) is 0 Å². The van der Waals surface area contributed by atoms with E-state index < -0.39 is 17.7 Å². The Balaban J connectivity index is 2.51. The first kappa shape index (κ1) is 13.3. The van der Waals surface area contributed by atoms with Crippen molar-refractivity contribution in [2.75, 3.05) is 0 Å². The molecule has 1 N–H and O–H groups in total. The van der Waals surface area contributed by atoms with Gasteiger partial charge in [-0.1, -0.05) is 29.3 Å². The van der Waals surface area contributed by atoms with Gasteiger partial charge >= 0.3 is 0 Å². The van der Waals surface area contributed by atoms with Crippen LogP contribution in [-0.4, -0.2) is 5.11 Å². The van der Waals surface area contributed by atoms with Crippen LogP contribution in [0.1, 0.15) is 17.2 Å². The molecule has 0 radical (unpaired) electrons. The molecule has 5 heteroatoms. The highest BCUT2D eigenvalue weighted by Crippen LogP contribution is 2.34. The summed E-state index contributed by atoms with van der Waals surface area (Å²) in [5.41, 5.74) is 0.285. The van der Waals surface area contributed by atoms with Gasteiger partial charge in [-0.05, 0) is 29.8 Å². The van der Waals surface area contributed by atoms with E-state index in [-0.39, 0.29) is 21.2 Å². The third-order valence-corrected chi connectivity index (χ3v) is 3.13. The van der Waals surface area contributed by atoms with Crippen molar-refractivity contribution in [3.05, 3.63) is 69.2 Å². The van der Waals surface area contributed by atoms with Gasteiger partial charge in [0.25, 0.3) is 0 Å². The zero-order valence-corrected chi connectivity index (χ0v) is 10.5. The molecule has 94 valence electrons. The number of hydrogen-bond donors (Lipinski definition) is 1. The lowest BCUT2D eigenvalue weighted by atomic mass is 10.0. The zero-order valence-electron chi connectivity index (χ0n) is 9.00. The summed E-state index contributed by atoms with van der Waals surface area (Å²) in [6.07, 6.45) is -1.28. The number of aliphatic hydroxyl groups is 1. The molecule has 2 aromatic carbocycles. The van der Waals surface area contributed by atoms with E-state index in [1.54, 1.807) is 18.2 Å². The smallest absolute Gasteiger partial charge is 0.126 e. The molecule has 1 unspecified atom stereocenters. The van der Waals surface area contributed by atoms with E-state index in [2.05, 4.69) is 0 Å². The van der Waals surface area contributed by atoms with E-state index in [9.17, 15) is 13.9 Å². The van der Waals surface area contributed by atoms with Gasteiger partial charge in [0.05, 0.1) is 0 Å².